The van der Waals surface area contributed by atoms with E-state index in [1.165, 1.54) is 56.2 Å². The second-order valence-corrected chi connectivity index (χ2v) is 4.91. The second kappa shape index (κ2) is 9.09. The number of rotatable bonds is 9. The number of benzene rings is 1. The van der Waals surface area contributed by atoms with Crippen molar-refractivity contribution < 1.29 is 0 Å². The SMILES string of the molecule is CCCCCCCCCNc1ccc(C)cc1. The molecule has 0 unspecified atom stereocenters. The molecule has 0 spiro atoms. The summed E-state index contributed by atoms with van der Waals surface area (Å²) >= 11 is 0. The highest BCUT2D eigenvalue weighted by atomic mass is 14.9. The zero-order valence-corrected chi connectivity index (χ0v) is 11.5. The Kier molecular flexibility index (Phi) is 7.53. The number of aryl methyl sites for hydroxylation is 1. The number of hydrogen-bond acceptors (Lipinski definition) is 1. The van der Waals surface area contributed by atoms with Gasteiger partial charge in [-0.2, -0.15) is 0 Å². The van der Waals surface area contributed by atoms with Crippen LogP contribution in [0.4, 0.5) is 5.69 Å². The summed E-state index contributed by atoms with van der Waals surface area (Å²) in [4.78, 5) is 0. The maximum atomic E-state index is 3.47. The Morgan fingerprint density at radius 1 is 0.824 bits per heavy atom. The summed E-state index contributed by atoms with van der Waals surface area (Å²) in [5.41, 5.74) is 2.58. The van der Waals surface area contributed by atoms with Gasteiger partial charge in [-0.1, -0.05) is 63.1 Å². The van der Waals surface area contributed by atoms with E-state index >= 15 is 0 Å². The summed E-state index contributed by atoms with van der Waals surface area (Å²) in [7, 11) is 0. The van der Waals surface area contributed by atoms with Crippen LogP contribution in [0.1, 0.15) is 57.4 Å². The Labute approximate surface area is 107 Å². The van der Waals surface area contributed by atoms with E-state index in [9.17, 15) is 0 Å². The molecule has 0 atom stereocenters. The minimum absolute atomic E-state index is 1.11. The molecule has 0 aliphatic carbocycles. The van der Waals surface area contributed by atoms with Gasteiger partial charge in [-0.05, 0) is 25.5 Å². The maximum Gasteiger partial charge on any atom is 0.0340 e. The van der Waals surface area contributed by atoms with Crippen molar-refractivity contribution >= 4 is 5.69 Å². The summed E-state index contributed by atoms with van der Waals surface area (Å²) in [6.45, 7) is 5.50. The zero-order valence-electron chi connectivity index (χ0n) is 11.5. The van der Waals surface area contributed by atoms with Gasteiger partial charge in [-0.3, -0.25) is 0 Å². The molecule has 1 aromatic carbocycles. The van der Waals surface area contributed by atoms with E-state index in [0.29, 0.717) is 0 Å². The first-order valence-electron chi connectivity index (χ1n) is 7.13. The molecule has 1 rings (SSSR count). The Hall–Kier alpha value is -0.980. The fraction of sp³-hybridized carbons (Fsp3) is 0.625. The molecule has 0 saturated carbocycles. The molecule has 17 heavy (non-hydrogen) atoms. The zero-order chi connectivity index (χ0) is 12.3. The van der Waals surface area contributed by atoms with E-state index in [1.807, 2.05) is 0 Å². The average Bonchev–Trinajstić information content (AvgIpc) is 2.35. The number of nitrogens with one attached hydrogen (secondary N) is 1. The van der Waals surface area contributed by atoms with E-state index in [1.54, 1.807) is 0 Å². The van der Waals surface area contributed by atoms with Crippen molar-refractivity contribution in [2.75, 3.05) is 11.9 Å². The van der Waals surface area contributed by atoms with Crippen molar-refractivity contribution in [1.29, 1.82) is 0 Å². The topological polar surface area (TPSA) is 12.0 Å². The fourth-order valence-electron chi connectivity index (χ4n) is 1.99. The predicted octanol–water partition coefficient (Wildman–Crippen LogP) is 5.16. The van der Waals surface area contributed by atoms with Crippen molar-refractivity contribution in [3.63, 3.8) is 0 Å². The summed E-state index contributed by atoms with van der Waals surface area (Å²) in [6.07, 6.45) is 9.63. The van der Waals surface area contributed by atoms with Crippen LogP contribution in [0.25, 0.3) is 0 Å². The van der Waals surface area contributed by atoms with Crippen molar-refractivity contribution in [3.05, 3.63) is 29.8 Å². The number of anilines is 1. The molecule has 0 aromatic heterocycles. The lowest BCUT2D eigenvalue weighted by Crippen LogP contribution is -2.01. The van der Waals surface area contributed by atoms with Crippen LogP contribution in [-0.4, -0.2) is 6.54 Å². The van der Waals surface area contributed by atoms with Crippen LogP contribution in [0.2, 0.25) is 0 Å². The first kappa shape index (κ1) is 14.1. The molecule has 1 N–H and O–H groups in total. The first-order chi connectivity index (χ1) is 8.33. The van der Waals surface area contributed by atoms with Crippen LogP contribution in [0.15, 0.2) is 24.3 Å². The van der Waals surface area contributed by atoms with Crippen LogP contribution in [-0.2, 0) is 0 Å². The lowest BCUT2D eigenvalue weighted by atomic mass is 10.1. The molecule has 0 radical (unpaired) electrons. The normalized spacial score (nSPS) is 10.5. The molecule has 0 bridgehead atoms. The second-order valence-electron chi connectivity index (χ2n) is 4.91. The van der Waals surface area contributed by atoms with Gasteiger partial charge in [0.05, 0.1) is 0 Å². The summed E-state index contributed by atoms with van der Waals surface area (Å²) in [5, 5.41) is 3.47. The van der Waals surface area contributed by atoms with Crippen LogP contribution < -0.4 is 5.32 Å². The number of unbranched alkanes of at least 4 members (excludes halogenated alkanes) is 6. The molecule has 0 saturated heterocycles. The number of hydrogen-bond donors (Lipinski definition) is 1. The predicted molar refractivity (Wildman–Crippen MR) is 77.7 cm³/mol. The Bertz CT molecular complexity index is 276. The van der Waals surface area contributed by atoms with Crippen molar-refractivity contribution in [1.82, 2.24) is 0 Å². The highest BCUT2D eigenvalue weighted by Gasteiger charge is 1.92. The lowest BCUT2D eigenvalue weighted by molar-refractivity contribution is 0.596. The summed E-state index contributed by atoms with van der Waals surface area (Å²) in [6, 6.07) is 8.65. The molecule has 0 aliphatic rings. The van der Waals surface area contributed by atoms with E-state index < -0.39 is 0 Å². The van der Waals surface area contributed by atoms with E-state index in [0.717, 1.165) is 6.54 Å². The summed E-state index contributed by atoms with van der Waals surface area (Å²) in [5.74, 6) is 0. The molecular formula is C16H27N. The van der Waals surface area contributed by atoms with Crippen LogP contribution in [0.3, 0.4) is 0 Å². The van der Waals surface area contributed by atoms with Crippen molar-refractivity contribution in [2.24, 2.45) is 0 Å². The molecular weight excluding hydrogens is 206 g/mol. The largest absolute Gasteiger partial charge is 0.385 e. The summed E-state index contributed by atoms with van der Waals surface area (Å²) < 4.78 is 0. The van der Waals surface area contributed by atoms with Gasteiger partial charge in [0.2, 0.25) is 0 Å². The van der Waals surface area contributed by atoms with Crippen molar-refractivity contribution in [3.8, 4) is 0 Å². The molecule has 0 fully saturated rings. The highest BCUT2D eigenvalue weighted by Crippen LogP contribution is 2.10. The van der Waals surface area contributed by atoms with Gasteiger partial charge in [0.25, 0.3) is 0 Å². The van der Waals surface area contributed by atoms with Gasteiger partial charge in [0, 0.05) is 12.2 Å². The third kappa shape index (κ3) is 7.04. The van der Waals surface area contributed by atoms with Gasteiger partial charge in [0.1, 0.15) is 0 Å². The fourth-order valence-corrected chi connectivity index (χ4v) is 1.99. The monoisotopic (exact) mass is 233 g/mol. The Balaban J connectivity index is 1.95. The van der Waals surface area contributed by atoms with Crippen LogP contribution in [0, 0.1) is 6.92 Å². The van der Waals surface area contributed by atoms with Crippen LogP contribution in [0.5, 0.6) is 0 Å². The van der Waals surface area contributed by atoms with E-state index in [2.05, 4.69) is 43.4 Å². The molecule has 0 aliphatic heterocycles. The van der Waals surface area contributed by atoms with Gasteiger partial charge in [0.15, 0.2) is 0 Å². The molecule has 1 aromatic rings. The Morgan fingerprint density at radius 2 is 1.41 bits per heavy atom. The molecule has 1 nitrogen and oxygen atoms in total. The highest BCUT2D eigenvalue weighted by molar-refractivity contribution is 5.44. The quantitative estimate of drug-likeness (QED) is 0.581. The standard InChI is InChI=1S/C16H27N/c1-3-4-5-6-7-8-9-14-17-16-12-10-15(2)11-13-16/h10-13,17H,3-9,14H2,1-2H3. The lowest BCUT2D eigenvalue weighted by Gasteiger charge is -2.06. The van der Waals surface area contributed by atoms with Gasteiger partial charge in [-0.25, -0.2) is 0 Å². The van der Waals surface area contributed by atoms with Gasteiger partial charge in [-0.15, -0.1) is 0 Å². The smallest absolute Gasteiger partial charge is 0.0340 e. The van der Waals surface area contributed by atoms with Gasteiger partial charge >= 0.3 is 0 Å². The minimum Gasteiger partial charge on any atom is -0.385 e. The van der Waals surface area contributed by atoms with Gasteiger partial charge < -0.3 is 5.32 Å². The van der Waals surface area contributed by atoms with Crippen molar-refractivity contribution in [2.45, 2.75) is 58.8 Å². The third-order valence-corrected chi connectivity index (χ3v) is 3.16. The van der Waals surface area contributed by atoms with Crippen LogP contribution >= 0.6 is 0 Å². The Morgan fingerprint density at radius 3 is 2.06 bits per heavy atom. The molecule has 1 heteroatoms. The van der Waals surface area contributed by atoms with E-state index in [-0.39, 0.29) is 0 Å². The minimum atomic E-state index is 1.11. The first-order valence-corrected chi connectivity index (χ1v) is 7.13. The molecule has 0 amide bonds. The average molecular weight is 233 g/mol. The van der Waals surface area contributed by atoms with E-state index in [4.69, 9.17) is 0 Å². The third-order valence-electron chi connectivity index (χ3n) is 3.16. The molecule has 96 valence electrons. The maximum absolute atomic E-state index is 3.47. The molecule has 0 heterocycles.